The van der Waals surface area contributed by atoms with Crippen LogP contribution in [0, 0.1) is 0 Å². The summed E-state index contributed by atoms with van der Waals surface area (Å²) < 4.78 is 0. The first-order valence-electron chi connectivity index (χ1n) is 3.23. The predicted octanol–water partition coefficient (Wildman–Crippen LogP) is 1.38. The van der Waals surface area contributed by atoms with E-state index in [2.05, 4.69) is 9.99 Å². The topological polar surface area (TPSA) is 38.7 Å². The van der Waals surface area contributed by atoms with Gasteiger partial charge in [-0.2, -0.15) is 0 Å². The molecule has 0 aliphatic carbocycles. The molecule has 10 heavy (non-hydrogen) atoms. The van der Waals surface area contributed by atoms with Crippen LogP contribution in [-0.4, -0.2) is 18.6 Å². The first-order valence-corrected chi connectivity index (χ1v) is 3.23. The van der Waals surface area contributed by atoms with Gasteiger partial charge in [0.05, 0.1) is 5.71 Å². The fourth-order valence-corrected chi connectivity index (χ4v) is 0.558. The van der Waals surface area contributed by atoms with Gasteiger partial charge in [-0.3, -0.25) is 0 Å². The Kier molecular flexibility index (Phi) is 4.54. The zero-order valence-corrected chi connectivity index (χ0v) is 6.68. The third kappa shape index (κ3) is 5.28. The molecule has 0 spiro atoms. The van der Waals surface area contributed by atoms with Gasteiger partial charge >= 0.3 is 0 Å². The normalized spacial score (nSPS) is 11.3. The Labute approximate surface area is 61.1 Å². The SMILES string of the molecule is CON=C(C)CCC(C)=O. The Hall–Kier alpha value is -0.860. The molecule has 0 saturated carbocycles. The van der Waals surface area contributed by atoms with E-state index < -0.39 is 0 Å². The molecule has 3 heteroatoms. The molecular weight excluding hydrogens is 130 g/mol. The van der Waals surface area contributed by atoms with Crippen molar-refractivity contribution in [3.05, 3.63) is 0 Å². The molecule has 0 saturated heterocycles. The molecule has 0 bridgehead atoms. The molecule has 0 amide bonds. The lowest BCUT2D eigenvalue weighted by Crippen LogP contribution is -1.97. The Morgan fingerprint density at radius 3 is 2.40 bits per heavy atom. The van der Waals surface area contributed by atoms with Gasteiger partial charge < -0.3 is 9.63 Å². The molecule has 0 aromatic heterocycles. The highest BCUT2D eigenvalue weighted by Gasteiger charge is 1.95. The van der Waals surface area contributed by atoms with Crippen molar-refractivity contribution in [3.8, 4) is 0 Å². The van der Waals surface area contributed by atoms with E-state index in [9.17, 15) is 4.79 Å². The van der Waals surface area contributed by atoms with E-state index in [1.54, 1.807) is 6.92 Å². The fraction of sp³-hybridized carbons (Fsp3) is 0.714. The minimum absolute atomic E-state index is 0.186. The summed E-state index contributed by atoms with van der Waals surface area (Å²) in [6.07, 6.45) is 1.25. The second-order valence-corrected chi connectivity index (χ2v) is 2.21. The van der Waals surface area contributed by atoms with Gasteiger partial charge in [-0.15, -0.1) is 0 Å². The Morgan fingerprint density at radius 1 is 1.40 bits per heavy atom. The number of hydrogen-bond acceptors (Lipinski definition) is 3. The molecule has 0 aliphatic heterocycles. The third-order valence-corrected chi connectivity index (χ3v) is 1.09. The Morgan fingerprint density at radius 2 is 2.00 bits per heavy atom. The predicted molar refractivity (Wildman–Crippen MR) is 40.0 cm³/mol. The summed E-state index contributed by atoms with van der Waals surface area (Å²) in [5.74, 6) is 0.186. The van der Waals surface area contributed by atoms with Gasteiger partial charge in [-0.1, -0.05) is 5.16 Å². The highest BCUT2D eigenvalue weighted by Crippen LogP contribution is 1.93. The van der Waals surface area contributed by atoms with Crippen LogP contribution in [0.2, 0.25) is 0 Å². The summed E-state index contributed by atoms with van der Waals surface area (Å²) in [6, 6.07) is 0. The number of ketones is 1. The summed E-state index contributed by atoms with van der Waals surface area (Å²) >= 11 is 0. The van der Waals surface area contributed by atoms with Crippen LogP contribution in [0.4, 0.5) is 0 Å². The summed E-state index contributed by atoms with van der Waals surface area (Å²) in [4.78, 5) is 15.0. The molecule has 0 aromatic carbocycles. The second kappa shape index (κ2) is 4.97. The van der Waals surface area contributed by atoms with Crippen molar-refractivity contribution in [2.24, 2.45) is 5.16 Å². The molecule has 0 heterocycles. The standard InChI is InChI=1S/C7H13NO2/c1-6(8-10-3)4-5-7(2)9/h4-5H2,1-3H3. The van der Waals surface area contributed by atoms with Crippen LogP contribution in [0.3, 0.4) is 0 Å². The molecule has 0 rings (SSSR count). The number of carbonyl (C=O) groups is 1. The van der Waals surface area contributed by atoms with E-state index in [-0.39, 0.29) is 5.78 Å². The minimum Gasteiger partial charge on any atom is -0.399 e. The van der Waals surface area contributed by atoms with Crippen LogP contribution in [0.15, 0.2) is 5.16 Å². The smallest absolute Gasteiger partial charge is 0.130 e. The fourth-order valence-electron chi connectivity index (χ4n) is 0.558. The molecule has 0 radical (unpaired) electrons. The van der Waals surface area contributed by atoms with E-state index in [4.69, 9.17) is 0 Å². The van der Waals surface area contributed by atoms with Gasteiger partial charge in [0.15, 0.2) is 0 Å². The molecule has 0 unspecified atom stereocenters. The van der Waals surface area contributed by atoms with Crippen molar-refractivity contribution in [1.29, 1.82) is 0 Å². The highest BCUT2D eigenvalue weighted by atomic mass is 16.6. The van der Waals surface area contributed by atoms with Crippen LogP contribution >= 0.6 is 0 Å². The summed E-state index contributed by atoms with van der Waals surface area (Å²) in [5.41, 5.74) is 0.859. The maximum absolute atomic E-state index is 10.5. The monoisotopic (exact) mass is 143 g/mol. The molecule has 58 valence electrons. The largest absolute Gasteiger partial charge is 0.399 e. The van der Waals surface area contributed by atoms with E-state index >= 15 is 0 Å². The summed E-state index contributed by atoms with van der Waals surface area (Å²) in [6.45, 7) is 3.41. The quantitative estimate of drug-likeness (QED) is 0.440. The molecule has 0 N–H and O–H groups in total. The maximum Gasteiger partial charge on any atom is 0.130 e. The van der Waals surface area contributed by atoms with Crippen molar-refractivity contribution < 1.29 is 9.63 Å². The first kappa shape index (κ1) is 9.14. The Balaban J connectivity index is 3.48. The van der Waals surface area contributed by atoms with Gasteiger partial charge in [0.2, 0.25) is 0 Å². The van der Waals surface area contributed by atoms with Crippen LogP contribution in [-0.2, 0) is 9.63 Å². The molecular formula is C7H13NO2. The first-order chi connectivity index (χ1) is 4.66. The van der Waals surface area contributed by atoms with Gasteiger partial charge in [-0.05, 0) is 20.3 Å². The third-order valence-electron chi connectivity index (χ3n) is 1.09. The van der Waals surface area contributed by atoms with Crippen LogP contribution in [0.5, 0.6) is 0 Å². The van der Waals surface area contributed by atoms with Gasteiger partial charge in [0.25, 0.3) is 0 Å². The molecule has 0 fully saturated rings. The maximum atomic E-state index is 10.5. The van der Waals surface area contributed by atoms with Crippen molar-refractivity contribution >= 4 is 11.5 Å². The van der Waals surface area contributed by atoms with Crippen molar-refractivity contribution in [2.75, 3.05) is 7.11 Å². The zero-order valence-electron chi connectivity index (χ0n) is 6.68. The van der Waals surface area contributed by atoms with E-state index in [1.807, 2.05) is 6.92 Å². The summed E-state index contributed by atoms with van der Waals surface area (Å²) in [7, 11) is 1.50. The molecule has 0 atom stereocenters. The molecule has 3 nitrogen and oxygen atoms in total. The number of Topliss-reactive ketones (excluding diaryl/α,β-unsaturated/α-hetero) is 1. The van der Waals surface area contributed by atoms with Crippen LogP contribution in [0.25, 0.3) is 0 Å². The van der Waals surface area contributed by atoms with Crippen molar-refractivity contribution in [2.45, 2.75) is 26.7 Å². The number of carbonyl (C=O) groups excluding carboxylic acids is 1. The van der Waals surface area contributed by atoms with Gasteiger partial charge in [0.1, 0.15) is 12.9 Å². The number of hydrogen-bond donors (Lipinski definition) is 0. The summed E-state index contributed by atoms with van der Waals surface area (Å²) in [5, 5.41) is 3.66. The van der Waals surface area contributed by atoms with Crippen LogP contribution < -0.4 is 0 Å². The average molecular weight is 143 g/mol. The average Bonchev–Trinajstić information content (AvgIpc) is 1.85. The lowest BCUT2D eigenvalue weighted by atomic mass is 10.2. The van der Waals surface area contributed by atoms with Crippen molar-refractivity contribution in [3.63, 3.8) is 0 Å². The van der Waals surface area contributed by atoms with Gasteiger partial charge in [0, 0.05) is 6.42 Å². The van der Waals surface area contributed by atoms with Crippen molar-refractivity contribution in [1.82, 2.24) is 0 Å². The number of rotatable bonds is 4. The molecule has 0 aromatic rings. The van der Waals surface area contributed by atoms with Gasteiger partial charge in [-0.25, -0.2) is 0 Å². The number of oxime groups is 1. The zero-order chi connectivity index (χ0) is 7.98. The van der Waals surface area contributed by atoms with E-state index in [0.717, 1.165) is 5.71 Å². The van der Waals surface area contributed by atoms with E-state index in [1.165, 1.54) is 7.11 Å². The lowest BCUT2D eigenvalue weighted by Gasteiger charge is -1.94. The van der Waals surface area contributed by atoms with E-state index in [0.29, 0.717) is 12.8 Å². The lowest BCUT2D eigenvalue weighted by molar-refractivity contribution is -0.116. The second-order valence-electron chi connectivity index (χ2n) is 2.21. The van der Waals surface area contributed by atoms with Crippen LogP contribution in [0.1, 0.15) is 26.7 Å². The molecule has 0 aliphatic rings. The number of nitrogens with zero attached hydrogens (tertiary/aromatic N) is 1. The Bertz CT molecular complexity index is 141. The minimum atomic E-state index is 0.186. The highest BCUT2D eigenvalue weighted by molar-refractivity contribution is 5.86.